The van der Waals surface area contributed by atoms with Gasteiger partial charge in [-0.25, -0.2) is 14.0 Å². The summed E-state index contributed by atoms with van der Waals surface area (Å²) in [4.78, 5) is 23.4. The predicted octanol–water partition coefficient (Wildman–Crippen LogP) is 3.93. The lowest BCUT2D eigenvalue weighted by Gasteiger charge is -2.22. The van der Waals surface area contributed by atoms with Crippen LogP contribution in [0.4, 0.5) is 9.18 Å². The van der Waals surface area contributed by atoms with Gasteiger partial charge in [0.2, 0.25) is 0 Å². The molecule has 1 unspecified atom stereocenters. The van der Waals surface area contributed by atoms with Gasteiger partial charge >= 0.3 is 12.1 Å². The number of amides is 1. The molecule has 1 atom stereocenters. The van der Waals surface area contributed by atoms with Crippen LogP contribution in [-0.2, 0) is 22.6 Å². The van der Waals surface area contributed by atoms with Crippen molar-refractivity contribution in [1.29, 1.82) is 0 Å². The van der Waals surface area contributed by atoms with E-state index in [9.17, 15) is 19.1 Å². The number of carbonyl (C=O) groups excluding carboxylic acids is 1. The molecule has 0 saturated heterocycles. The third-order valence-corrected chi connectivity index (χ3v) is 3.65. The van der Waals surface area contributed by atoms with Crippen LogP contribution in [0.25, 0.3) is 0 Å². The number of nitrogens with one attached hydrogen (secondary N) is 1. The molecular formula is C21H24FNO5. The van der Waals surface area contributed by atoms with E-state index < -0.39 is 23.7 Å². The van der Waals surface area contributed by atoms with Gasteiger partial charge in [0.05, 0.1) is 0 Å². The number of aliphatic carboxylic acids is 1. The molecule has 1 amide bonds. The summed E-state index contributed by atoms with van der Waals surface area (Å²) in [6.45, 7) is 5.35. The van der Waals surface area contributed by atoms with Crippen LogP contribution >= 0.6 is 0 Å². The van der Waals surface area contributed by atoms with Crippen LogP contribution < -0.4 is 10.1 Å². The van der Waals surface area contributed by atoms with Crippen molar-refractivity contribution >= 4 is 12.1 Å². The van der Waals surface area contributed by atoms with Gasteiger partial charge in [-0.05, 0) is 56.2 Å². The second-order valence-corrected chi connectivity index (χ2v) is 7.30. The quantitative estimate of drug-likeness (QED) is 0.750. The molecule has 0 aromatic heterocycles. The first-order valence-electron chi connectivity index (χ1n) is 8.81. The van der Waals surface area contributed by atoms with Gasteiger partial charge in [0.25, 0.3) is 0 Å². The first-order valence-corrected chi connectivity index (χ1v) is 8.81. The van der Waals surface area contributed by atoms with E-state index in [4.69, 9.17) is 9.47 Å². The third-order valence-electron chi connectivity index (χ3n) is 3.65. The average molecular weight is 389 g/mol. The normalized spacial score (nSPS) is 12.1. The lowest BCUT2D eigenvalue weighted by atomic mass is 10.1. The average Bonchev–Trinajstić information content (AvgIpc) is 2.59. The molecule has 2 aromatic rings. The summed E-state index contributed by atoms with van der Waals surface area (Å²) < 4.78 is 23.7. The van der Waals surface area contributed by atoms with Crippen LogP contribution in [0.3, 0.4) is 0 Å². The number of hydrogen-bond donors (Lipinski definition) is 2. The molecule has 7 heteroatoms. The number of rotatable bonds is 7. The van der Waals surface area contributed by atoms with Gasteiger partial charge in [0.1, 0.15) is 29.8 Å². The minimum absolute atomic E-state index is 0.0718. The summed E-state index contributed by atoms with van der Waals surface area (Å²) in [6.07, 6.45) is -0.717. The molecule has 0 aliphatic heterocycles. The summed E-state index contributed by atoms with van der Waals surface area (Å²) in [5, 5.41) is 11.8. The summed E-state index contributed by atoms with van der Waals surface area (Å²) in [7, 11) is 0. The van der Waals surface area contributed by atoms with E-state index in [2.05, 4.69) is 5.32 Å². The zero-order valence-electron chi connectivity index (χ0n) is 16.1. The second kappa shape index (κ2) is 9.21. The maximum atomic E-state index is 12.9. The molecule has 28 heavy (non-hydrogen) atoms. The number of carboxylic acids is 1. The van der Waals surface area contributed by atoms with Crippen molar-refractivity contribution < 1.29 is 28.6 Å². The summed E-state index contributed by atoms with van der Waals surface area (Å²) in [6, 6.07) is 11.8. The standard InChI is InChI=1S/C21H24FNO5/c1-21(2,3)28-20(26)23-18(19(24)25)12-15-5-4-6-17(11-15)27-13-14-7-9-16(22)10-8-14/h4-11,18H,12-13H2,1-3H3,(H,23,26)(H,24,25). The molecule has 0 fully saturated rings. The fourth-order valence-corrected chi connectivity index (χ4v) is 2.40. The van der Waals surface area contributed by atoms with Crippen molar-refractivity contribution in [3.05, 3.63) is 65.5 Å². The molecule has 2 N–H and O–H groups in total. The predicted molar refractivity (Wildman–Crippen MR) is 102 cm³/mol. The first-order chi connectivity index (χ1) is 13.1. The summed E-state index contributed by atoms with van der Waals surface area (Å²) >= 11 is 0. The van der Waals surface area contributed by atoms with Crippen molar-refractivity contribution in [2.45, 2.75) is 45.4 Å². The van der Waals surface area contributed by atoms with E-state index in [1.54, 1.807) is 57.2 Å². The largest absolute Gasteiger partial charge is 0.489 e. The first kappa shape index (κ1) is 21.2. The Kier molecular flexibility index (Phi) is 6.98. The molecular weight excluding hydrogens is 365 g/mol. The Bertz CT molecular complexity index is 814. The molecule has 0 spiro atoms. The van der Waals surface area contributed by atoms with E-state index in [0.29, 0.717) is 11.3 Å². The van der Waals surface area contributed by atoms with E-state index in [1.807, 2.05) is 0 Å². The molecule has 0 radical (unpaired) electrons. The molecule has 2 aromatic carbocycles. The van der Waals surface area contributed by atoms with E-state index in [0.717, 1.165) is 5.56 Å². The third kappa shape index (κ3) is 7.26. The lowest BCUT2D eigenvalue weighted by molar-refractivity contribution is -0.139. The Hall–Kier alpha value is -3.09. The Morgan fingerprint density at radius 3 is 2.39 bits per heavy atom. The molecule has 6 nitrogen and oxygen atoms in total. The zero-order valence-corrected chi connectivity index (χ0v) is 16.1. The highest BCUT2D eigenvalue weighted by Crippen LogP contribution is 2.17. The van der Waals surface area contributed by atoms with Crippen LogP contribution in [0.2, 0.25) is 0 Å². The van der Waals surface area contributed by atoms with Gasteiger partial charge in [-0.2, -0.15) is 0 Å². The molecule has 2 rings (SSSR count). The van der Waals surface area contributed by atoms with E-state index in [-0.39, 0.29) is 18.8 Å². The van der Waals surface area contributed by atoms with Crippen LogP contribution in [0, 0.1) is 5.82 Å². The molecule has 0 aliphatic rings. The SMILES string of the molecule is CC(C)(C)OC(=O)NC(Cc1cccc(OCc2ccc(F)cc2)c1)C(=O)O. The number of alkyl carbamates (subject to hydrolysis) is 1. The lowest BCUT2D eigenvalue weighted by Crippen LogP contribution is -2.44. The Labute approximate surface area is 163 Å². The van der Waals surface area contributed by atoms with Gasteiger partial charge in [0.15, 0.2) is 0 Å². The fraction of sp³-hybridized carbons (Fsp3) is 0.333. The Morgan fingerprint density at radius 1 is 1.11 bits per heavy atom. The van der Waals surface area contributed by atoms with Crippen LogP contribution in [0.5, 0.6) is 5.75 Å². The van der Waals surface area contributed by atoms with Crippen molar-refractivity contribution in [2.24, 2.45) is 0 Å². The number of ether oxygens (including phenoxy) is 2. The zero-order chi connectivity index (χ0) is 20.7. The van der Waals surface area contributed by atoms with Crippen LogP contribution in [-0.4, -0.2) is 28.8 Å². The maximum absolute atomic E-state index is 12.9. The monoisotopic (exact) mass is 389 g/mol. The number of carbonyl (C=O) groups is 2. The molecule has 150 valence electrons. The fourth-order valence-electron chi connectivity index (χ4n) is 2.40. The van der Waals surface area contributed by atoms with Gasteiger partial charge in [-0.3, -0.25) is 0 Å². The smallest absolute Gasteiger partial charge is 0.408 e. The van der Waals surface area contributed by atoms with Crippen LogP contribution in [0.15, 0.2) is 48.5 Å². The molecule has 0 bridgehead atoms. The minimum Gasteiger partial charge on any atom is -0.489 e. The van der Waals surface area contributed by atoms with Crippen molar-refractivity contribution in [1.82, 2.24) is 5.32 Å². The number of carboxylic acid groups (broad SMARTS) is 1. The molecule has 0 saturated carbocycles. The minimum atomic E-state index is -1.16. The van der Waals surface area contributed by atoms with Gasteiger partial charge in [0, 0.05) is 6.42 Å². The Morgan fingerprint density at radius 2 is 1.79 bits per heavy atom. The highest BCUT2D eigenvalue weighted by atomic mass is 19.1. The van der Waals surface area contributed by atoms with E-state index in [1.165, 1.54) is 12.1 Å². The topological polar surface area (TPSA) is 84.9 Å². The number of benzene rings is 2. The molecule has 0 heterocycles. The van der Waals surface area contributed by atoms with Gasteiger partial charge < -0.3 is 19.9 Å². The van der Waals surface area contributed by atoms with E-state index >= 15 is 0 Å². The van der Waals surface area contributed by atoms with Crippen molar-refractivity contribution in [3.63, 3.8) is 0 Å². The number of hydrogen-bond acceptors (Lipinski definition) is 4. The Balaban J connectivity index is 1.99. The highest BCUT2D eigenvalue weighted by molar-refractivity contribution is 5.80. The highest BCUT2D eigenvalue weighted by Gasteiger charge is 2.24. The van der Waals surface area contributed by atoms with Crippen LogP contribution in [0.1, 0.15) is 31.9 Å². The molecule has 0 aliphatic carbocycles. The van der Waals surface area contributed by atoms with Gasteiger partial charge in [-0.1, -0.05) is 24.3 Å². The summed E-state index contributed by atoms with van der Waals surface area (Å²) in [5.74, 6) is -0.935. The second-order valence-electron chi connectivity index (χ2n) is 7.30. The van der Waals surface area contributed by atoms with Gasteiger partial charge in [-0.15, -0.1) is 0 Å². The maximum Gasteiger partial charge on any atom is 0.408 e. The number of halogens is 1. The summed E-state index contributed by atoms with van der Waals surface area (Å²) in [5.41, 5.74) is 0.767. The van der Waals surface area contributed by atoms with Crippen molar-refractivity contribution in [3.8, 4) is 5.75 Å². The van der Waals surface area contributed by atoms with Crippen molar-refractivity contribution in [2.75, 3.05) is 0 Å².